The third-order valence-corrected chi connectivity index (χ3v) is 3.25. The largest absolute Gasteiger partial charge is 0.464 e. The number of carbonyl (C=O) groups excluding carboxylic acids is 2. The molecule has 1 unspecified atom stereocenters. The molecule has 22 heavy (non-hydrogen) atoms. The van der Waals surface area contributed by atoms with Crippen LogP contribution in [0.2, 0.25) is 0 Å². The Morgan fingerprint density at radius 1 is 1.14 bits per heavy atom. The van der Waals surface area contributed by atoms with Crippen molar-refractivity contribution in [3.05, 3.63) is 35.9 Å². The van der Waals surface area contributed by atoms with Gasteiger partial charge in [-0.3, -0.25) is 4.90 Å². The second-order valence-electron chi connectivity index (χ2n) is 5.01. The summed E-state index contributed by atoms with van der Waals surface area (Å²) in [4.78, 5) is 25.6. The van der Waals surface area contributed by atoms with Gasteiger partial charge in [-0.2, -0.15) is 0 Å². The lowest BCUT2D eigenvalue weighted by Gasteiger charge is -2.27. The number of hydrogen-bond donors (Lipinski definition) is 0. The molecule has 5 heteroatoms. The van der Waals surface area contributed by atoms with Crippen LogP contribution in [0.15, 0.2) is 30.3 Å². The zero-order valence-electron chi connectivity index (χ0n) is 13.6. The van der Waals surface area contributed by atoms with Gasteiger partial charge >= 0.3 is 12.1 Å². The lowest BCUT2D eigenvalue weighted by atomic mass is 10.2. The van der Waals surface area contributed by atoms with Crippen LogP contribution in [0.25, 0.3) is 0 Å². The van der Waals surface area contributed by atoms with Crippen LogP contribution in [0.3, 0.4) is 0 Å². The normalized spacial score (nSPS) is 11.6. The molecule has 122 valence electrons. The first-order valence-electron chi connectivity index (χ1n) is 7.74. The molecule has 0 radical (unpaired) electrons. The molecule has 0 aliphatic rings. The lowest BCUT2D eigenvalue weighted by Crippen LogP contribution is -2.44. The van der Waals surface area contributed by atoms with Gasteiger partial charge in [0.2, 0.25) is 0 Å². The minimum atomic E-state index is -0.686. The van der Waals surface area contributed by atoms with Crippen molar-refractivity contribution >= 4 is 12.1 Å². The van der Waals surface area contributed by atoms with Crippen molar-refractivity contribution in [3.63, 3.8) is 0 Å². The Hall–Kier alpha value is -2.04. The van der Waals surface area contributed by atoms with E-state index in [1.54, 1.807) is 13.8 Å². The Morgan fingerprint density at radius 2 is 1.82 bits per heavy atom. The van der Waals surface area contributed by atoms with Gasteiger partial charge in [0.25, 0.3) is 0 Å². The summed E-state index contributed by atoms with van der Waals surface area (Å²) in [5.74, 6) is -0.425. The molecule has 1 atom stereocenters. The number of unbranched alkanes of at least 4 members (excludes halogenated alkanes) is 1. The first kappa shape index (κ1) is 18.0. The Balaban J connectivity index is 2.79. The Kier molecular flexibility index (Phi) is 8.04. The van der Waals surface area contributed by atoms with Gasteiger partial charge in [-0.15, -0.1) is 0 Å². The van der Waals surface area contributed by atoms with Crippen LogP contribution >= 0.6 is 0 Å². The van der Waals surface area contributed by atoms with Gasteiger partial charge in [0.15, 0.2) is 0 Å². The van der Waals surface area contributed by atoms with Gasteiger partial charge in [-0.1, -0.05) is 43.7 Å². The molecular formula is C17H25NO4. The number of nitrogens with zero attached hydrogens (tertiary/aromatic N) is 1. The van der Waals surface area contributed by atoms with Crippen LogP contribution in [-0.4, -0.2) is 36.2 Å². The third-order valence-electron chi connectivity index (χ3n) is 3.25. The number of esters is 1. The minimum Gasteiger partial charge on any atom is -0.464 e. The molecule has 0 heterocycles. The van der Waals surface area contributed by atoms with Crippen molar-refractivity contribution < 1.29 is 19.1 Å². The first-order valence-corrected chi connectivity index (χ1v) is 7.74. The maximum atomic E-state index is 12.3. The van der Waals surface area contributed by atoms with Gasteiger partial charge in [0.1, 0.15) is 6.04 Å². The van der Waals surface area contributed by atoms with E-state index in [2.05, 4.69) is 0 Å². The summed E-state index contributed by atoms with van der Waals surface area (Å²) < 4.78 is 10.3. The van der Waals surface area contributed by atoms with Crippen LogP contribution in [0.5, 0.6) is 0 Å². The maximum Gasteiger partial charge on any atom is 0.410 e. The van der Waals surface area contributed by atoms with Crippen molar-refractivity contribution in [3.8, 4) is 0 Å². The number of benzene rings is 1. The van der Waals surface area contributed by atoms with Gasteiger partial charge in [-0.05, 0) is 25.8 Å². The summed E-state index contributed by atoms with van der Waals surface area (Å²) in [6.45, 7) is 6.37. The maximum absolute atomic E-state index is 12.3. The molecular weight excluding hydrogens is 282 g/mol. The van der Waals surface area contributed by atoms with Crippen LogP contribution in [0, 0.1) is 0 Å². The van der Waals surface area contributed by atoms with E-state index in [1.807, 2.05) is 37.3 Å². The first-order chi connectivity index (χ1) is 10.6. The third kappa shape index (κ3) is 5.76. The number of hydrogen-bond acceptors (Lipinski definition) is 4. The molecule has 0 saturated heterocycles. The molecule has 1 amide bonds. The highest BCUT2D eigenvalue weighted by Gasteiger charge is 2.28. The Labute approximate surface area is 132 Å². The van der Waals surface area contributed by atoms with E-state index < -0.39 is 18.1 Å². The van der Waals surface area contributed by atoms with E-state index in [9.17, 15) is 9.59 Å². The molecule has 1 rings (SSSR count). The minimum absolute atomic E-state index is 0.285. The molecule has 0 bridgehead atoms. The molecule has 0 aliphatic heterocycles. The quantitative estimate of drug-likeness (QED) is 0.546. The van der Waals surface area contributed by atoms with E-state index >= 15 is 0 Å². The number of ether oxygens (including phenoxy) is 2. The Bertz CT molecular complexity index is 461. The summed E-state index contributed by atoms with van der Waals surface area (Å²) in [7, 11) is 0. The highest BCUT2D eigenvalue weighted by atomic mass is 16.6. The van der Waals surface area contributed by atoms with Crippen LogP contribution in [0.1, 0.15) is 39.2 Å². The van der Waals surface area contributed by atoms with Gasteiger partial charge in [0, 0.05) is 6.54 Å². The fourth-order valence-corrected chi connectivity index (χ4v) is 1.92. The number of carbonyl (C=O) groups is 2. The standard InChI is InChI=1S/C17H25NO4/c1-4-6-12-22-17(20)18(14(3)16(19)21-5-2)13-15-10-8-7-9-11-15/h7-11,14H,4-6,12-13H2,1-3H3. The second-order valence-corrected chi connectivity index (χ2v) is 5.01. The molecule has 1 aromatic rings. The molecule has 0 spiro atoms. The topological polar surface area (TPSA) is 55.8 Å². The van der Waals surface area contributed by atoms with Crippen LogP contribution < -0.4 is 0 Å². The average molecular weight is 307 g/mol. The lowest BCUT2D eigenvalue weighted by molar-refractivity contribution is -0.148. The molecule has 0 aliphatic carbocycles. The highest BCUT2D eigenvalue weighted by molar-refractivity contribution is 5.81. The predicted octanol–water partition coefficient (Wildman–Crippen LogP) is 3.38. The highest BCUT2D eigenvalue weighted by Crippen LogP contribution is 2.12. The molecule has 0 aromatic heterocycles. The second kappa shape index (κ2) is 9.82. The summed E-state index contributed by atoms with van der Waals surface area (Å²) >= 11 is 0. The van der Waals surface area contributed by atoms with Crippen LogP contribution in [-0.2, 0) is 20.8 Å². The smallest absolute Gasteiger partial charge is 0.410 e. The zero-order valence-corrected chi connectivity index (χ0v) is 13.6. The SMILES string of the molecule is CCCCOC(=O)N(Cc1ccccc1)C(C)C(=O)OCC. The van der Waals surface area contributed by atoms with Gasteiger partial charge in [0.05, 0.1) is 13.2 Å². The number of amides is 1. The van der Waals surface area contributed by atoms with Crippen molar-refractivity contribution in [1.82, 2.24) is 4.90 Å². The van der Waals surface area contributed by atoms with E-state index in [1.165, 1.54) is 4.90 Å². The van der Waals surface area contributed by atoms with Gasteiger partial charge in [-0.25, -0.2) is 9.59 Å². The molecule has 1 aromatic carbocycles. The van der Waals surface area contributed by atoms with E-state index in [0.717, 1.165) is 18.4 Å². The van der Waals surface area contributed by atoms with Crippen molar-refractivity contribution in [2.75, 3.05) is 13.2 Å². The molecule has 0 saturated carbocycles. The fourth-order valence-electron chi connectivity index (χ4n) is 1.92. The molecule has 0 N–H and O–H groups in total. The van der Waals surface area contributed by atoms with E-state index in [0.29, 0.717) is 13.2 Å². The van der Waals surface area contributed by atoms with Crippen molar-refractivity contribution in [2.24, 2.45) is 0 Å². The summed E-state index contributed by atoms with van der Waals surface area (Å²) in [5, 5.41) is 0. The van der Waals surface area contributed by atoms with Crippen molar-refractivity contribution in [1.29, 1.82) is 0 Å². The van der Waals surface area contributed by atoms with E-state index in [4.69, 9.17) is 9.47 Å². The average Bonchev–Trinajstić information content (AvgIpc) is 2.53. The number of rotatable bonds is 8. The van der Waals surface area contributed by atoms with E-state index in [-0.39, 0.29) is 6.61 Å². The summed E-state index contributed by atoms with van der Waals surface area (Å²) in [6.07, 6.45) is 1.26. The fraction of sp³-hybridized carbons (Fsp3) is 0.529. The van der Waals surface area contributed by atoms with Crippen LogP contribution in [0.4, 0.5) is 4.79 Å². The predicted molar refractivity (Wildman–Crippen MR) is 84.3 cm³/mol. The summed E-state index contributed by atoms with van der Waals surface area (Å²) in [5.41, 5.74) is 0.936. The zero-order chi connectivity index (χ0) is 16.4. The molecule has 0 fully saturated rings. The molecule has 5 nitrogen and oxygen atoms in total. The summed E-state index contributed by atoms with van der Waals surface area (Å²) in [6, 6.07) is 8.82. The Morgan fingerprint density at radius 3 is 2.41 bits per heavy atom. The van der Waals surface area contributed by atoms with Gasteiger partial charge < -0.3 is 9.47 Å². The monoisotopic (exact) mass is 307 g/mol. The van der Waals surface area contributed by atoms with Crippen molar-refractivity contribution in [2.45, 2.75) is 46.2 Å².